The summed E-state index contributed by atoms with van der Waals surface area (Å²) < 4.78 is 5.60. The van der Waals surface area contributed by atoms with Crippen LogP contribution in [0.2, 0.25) is 0 Å². The molecule has 3 heteroatoms. The highest BCUT2D eigenvalue weighted by Gasteiger charge is 2.17. The number of fused-ring (bicyclic) bond motifs is 1. The lowest BCUT2D eigenvalue weighted by atomic mass is 10.0. The van der Waals surface area contributed by atoms with Gasteiger partial charge in [0.15, 0.2) is 10.5 Å². The first-order chi connectivity index (χ1) is 8.25. The van der Waals surface area contributed by atoms with Crippen LogP contribution >= 0.6 is 15.9 Å². The van der Waals surface area contributed by atoms with Crippen molar-refractivity contribution in [3.8, 4) is 0 Å². The molecular weight excluding hydrogens is 280 g/mol. The number of hydrogen-bond acceptors (Lipinski definition) is 2. The fourth-order valence-corrected chi connectivity index (χ4v) is 2.74. The summed E-state index contributed by atoms with van der Waals surface area (Å²) >= 11 is 3.24. The number of halogens is 1. The second-order valence-corrected chi connectivity index (χ2v) is 4.99. The van der Waals surface area contributed by atoms with E-state index in [1.165, 1.54) is 23.8 Å². The van der Waals surface area contributed by atoms with Crippen LogP contribution in [0.15, 0.2) is 39.6 Å². The summed E-state index contributed by atoms with van der Waals surface area (Å²) in [5.41, 5.74) is 4.03. The molecule has 3 rings (SSSR count). The summed E-state index contributed by atoms with van der Waals surface area (Å²) in [6, 6.07) is 7.69. The zero-order valence-corrected chi connectivity index (χ0v) is 10.8. The van der Waals surface area contributed by atoms with Crippen LogP contribution < -0.4 is 0 Å². The molecule has 0 amide bonds. The highest BCUT2D eigenvalue weighted by Crippen LogP contribution is 2.26. The summed E-state index contributed by atoms with van der Waals surface area (Å²) in [7, 11) is 0. The molecule has 1 aliphatic rings. The van der Waals surface area contributed by atoms with Gasteiger partial charge in [-0.3, -0.25) is 4.79 Å². The molecule has 0 saturated carbocycles. The Bertz CT molecular complexity index is 584. The van der Waals surface area contributed by atoms with Crippen molar-refractivity contribution in [1.82, 2.24) is 0 Å². The van der Waals surface area contributed by atoms with Crippen molar-refractivity contribution in [2.75, 3.05) is 0 Å². The van der Waals surface area contributed by atoms with Crippen molar-refractivity contribution in [1.29, 1.82) is 0 Å². The number of hydrogen-bond donors (Lipinski definition) is 0. The molecule has 1 aliphatic carbocycles. The normalized spacial score (nSPS) is 13.7. The van der Waals surface area contributed by atoms with E-state index in [0.717, 1.165) is 18.4 Å². The van der Waals surface area contributed by atoms with E-state index in [0.29, 0.717) is 10.2 Å². The highest BCUT2D eigenvalue weighted by molar-refractivity contribution is 9.10. The van der Waals surface area contributed by atoms with Crippen LogP contribution in [0.1, 0.15) is 33.5 Å². The van der Waals surface area contributed by atoms with Crippen LogP contribution in [0, 0.1) is 0 Å². The molecule has 0 aliphatic heterocycles. The molecule has 0 unspecified atom stereocenters. The van der Waals surface area contributed by atoms with E-state index in [-0.39, 0.29) is 5.78 Å². The summed E-state index contributed by atoms with van der Waals surface area (Å²) in [5.74, 6) is 0.0142. The van der Waals surface area contributed by atoms with Crippen molar-refractivity contribution in [2.24, 2.45) is 0 Å². The predicted octanol–water partition coefficient (Wildman–Crippen LogP) is 3.76. The van der Waals surface area contributed by atoms with Gasteiger partial charge < -0.3 is 4.42 Å². The average Bonchev–Trinajstić information content (AvgIpc) is 2.95. The summed E-state index contributed by atoms with van der Waals surface area (Å²) in [6.07, 6.45) is 4.94. The molecule has 0 spiro atoms. The Morgan fingerprint density at radius 3 is 2.76 bits per heavy atom. The van der Waals surface area contributed by atoms with Gasteiger partial charge in [0.25, 0.3) is 0 Å². The monoisotopic (exact) mass is 290 g/mol. The van der Waals surface area contributed by atoms with Crippen LogP contribution in [0.4, 0.5) is 0 Å². The fourth-order valence-electron chi connectivity index (χ4n) is 2.32. The molecule has 0 fully saturated rings. The third-order valence-electron chi connectivity index (χ3n) is 3.22. The molecule has 17 heavy (non-hydrogen) atoms. The molecule has 1 aromatic heterocycles. The molecule has 0 N–H and O–H groups in total. The number of rotatable bonds is 2. The third kappa shape index (κ3) is 1.84. The first-order valence-corrected chi connectivity index (χ1v) is 6.44. The molecule has 0 saturated heterocycles. The van der Waals surface area contributed by atoms with Crippen molar-refractivity contribution in [3.05, 3.63) is 57.5 Å². The van der Waals surface area contributed by atoms with E-state index < -0.39 is 0 Å². The van der Waals surface area contributed by atoms with Gasteiger partial charge in [-0.05, 0) is 58.5 Å². The summed E-state index contributed by atoms with van der Waals surface area (Å²) in [4.78, 5) is 12.2. The smallest absolute Gasteiger partial charge is 0.197 e. The average molecular weight is 291 g/mol. The van der Waals surface area contributed by atoms with E-state index in [9.17, 15) is 4.79 Å². The van der Waals surface area contributed by atoms with Gasteiger partial charge >= 0.3 is 0 Å². The van der Waals surface area contributed by atoms with Crippen molar-refractivity contribution >= 4 is 21.7 Å². The van der Waals surface area contributed by atoms with E-state index in [1.54, 1.807) is 6.07 Å². The number of ketones is 1. The molecule has 0 bridgehead atoms. The van der Waals surface area contributed by atoms with Gasteiger partial charge in [0.05, 0.1) is 11.8 Å². The Kier molecular flexibility index (Phi) is 2.63. The van der Waals surface area contributed by atoms with Crippen molar-refractivity contribution < 1.29 is 9.21 Å². The maximum atomic E-state index is 12.2. The first kappa shape index (κ1) is 10.8. The minimum atomic E-state index is 0.0142. The quantitative estimate of drug-likeness (QED) is 0.789. The van der Waals surface area contributed by atoms with E-state index in [2.05, 4.69) is 22.0 Å². The Morgan fingerprint density at radius 1 is 1.18 bits per heavy atom. The molecule has 86 valence electrons. The lowest BCUT2D eigenvalue weighted by Gasteiger charge is -2.03. The zero-order chi connectivity index (χ0) is 11.8. The maximum absolute atomic E-state index is 12.2. The number of carbonyl (C=O) groups is 1. The molecular formula is C14H11BrO2. The summed E-state index contributed by atoms with van der Waals surface area (Å²) in [6.45, 7) is 0. The van der Waals surface area contributed by atoms with Gasteiger partial charge in [-0.2, -0.15) is 0 Å². The Balaban J connectivity index is 2.00. The molecule has 1 heterocycles. The van der Waals surface area contributed by atoms with Crippen LogP contribution in [-0.2, 0) is 12.8 Å². The number of carbonyl (C=O) groups excluding carboxylic acids is 1. The SMILES string of the molecule is O=C(c1ccc2c(c1)CCC2)c1ccoc1Br. The molecule has 2 aromatic rings. The first-order valence-electron chi connectivity index (χ1n) is 5.65. The third-order valence-corrected chi connectivity index (χ3v) is 3.84. The van der Waals surface area contributed by atoms with Crippen LogP contribution in [0.25, 0.3) is 0 Å². The number of aryl methyl sites for hydroxylation is 2. The Labute approximate surface area is 108 Å². The molecule has 1 aromatic carbocycles. The second kappa shape index (κ2) is 4.15. The zero-order valence-electron chi connectivity index (χ0n) is 9.20. The molecule has 0 atom stereocenters. The van der Waals surface area contributed by atoms with Crippen molar-refractivity contribution in [2.45, 2.75) is 19.3 Å². The topological polar surface area (TPSA) is 30.2 Å². The minimum absolute atomic E-state index is 0.0142. The largest absolute Gasteiger partial charge is 0.457 e. The second-order valence-electron chi connectivity index (χ2n) is 4.27. The highest BCUT2D eigenvalue weighted by atomic mass is 79.9. The van der Waals surface area contributed by atoms with Gasteiger partial charge in [0, 0.05) is 5.56 Å². The van der Waals surface area contributed by atoms with Crippen LogP contribution in [0.5, 0.6) is 0 Å². The van der Waals surface area contributed by atoms with Gasteiger partial charge in [-0.1, -0.05) is 12.1 Å². The van der Waals surface area contributed by atoms with E-state index in [4.69, 9.17) is 4.42 Å². The standard InChI is InChI=1S/C14H11BrO2/c15-14-12(6-7-17-14)13(16)11-5-4-9-2-1-3-10(9)8-11/h4-8H,1-3H2. The van der Waals surface area contributed by atoms with Crippen molar-refractivity contribution in [3.63, 3.8) is 0 Å². The van der Waals surface area contributed by atoms with Gasteiger partial charge in [0.1, 0.15) is 0 Å². The predicted molar refractivity (Wildman–Crippen MR) is 68.3 cm³/mol. The lowest BCUT2D eigenvalue weighted by Crippen LogP contribution is -2.01. The Morgan fingerprint density at radius 2 is 2.00 bits per heavy atom. The van der Waals surface area contributed by atoms with Crippen LogP contribution in [0.3, 0.4) is 0 Å². The summed E-state index contributed by atoms with van der Waals surface area (Å²) in [5, 5.41) is 0. The van der Waals surface area contributed by atoms with Gasteiger partial charge in [-0.15, -0.1) is 0 Å². The maximum Gasteiger partial charge on any atom is 0.197 e. The fraction of sp³-hybridized carbons (Fsp3) is 0.214. The van der Waals surface area contributed by atoms with E-state index >= 15 is 0 Å². The number of benzene rings is 1. The molecule has 0 radical (unpaired) electrons. The van der Waals surface area contributed by atoms with Gasteiger partial charge in [-0.25, -0.2) is 0 Å². The van der Waals surface area contributed by atoms with Gasteiger partial charge in [0.2, 0.25) is 0 Å². The van der Waals surface area contributed by atoms with E-state index in [1.807, 2.05) is 12.1 Å². The Hall–Kier alpha value is -1.35. The lowest BCUT2D eigenvalue weighted by molar-refractivity contribution is 0.103. The molecule has 2 nitrogen and oxygen atoms in total. The van der Waals surface area contributed by atoms with Crippen LogP contribution in [-0.4, -0.2) is 5.78 Å². The number of furan rings is 1. The minimum Gasteiger partial charge on any atom is -0.457 e.